The number of nitrogens with zero attached hydrogens (tertiary/aromatic N) is 2. The molecule has 0 aliphatic rings. The molecule has 9 heteroatoms. The lowest BCUT2D eigenvalue weighted by Crippen LogP contribution is -2.39. The van der Waals surface area contributed by atoms with Crippen molar-refractivity contribution >= 4 is 50.2 Å². The van der Waals surface area contributed by atoms with Gasteiger partial charge in [-0.15, -0.1) is 0 Å². The van der Waals surface area contributed by atoms with E-state index in [9.17, 15) is 13.2 Å². The Labute approximate surface area is 243 Å². The largest absolute Gasteiger partial charge is 0.489 e. The normalized spacial score (nSPS) is 11.4. The van der Waals surface area contributed by atoms with E-state index in [0.29, 0.717) is 17.4 Å². The number of hydrazone groups is 1. The van der Waals surface area contributed by atoms with Crippen LogP contribution in [0.5, 0.6) is 5.75 Å². The number of fused-ring (bicyclic) bond motifs is 1. The predicted octanol–water partition coefficient (Wildman–Crippen LogP) is 6.42. The highest BCUT2D eigenvalue weighted by molar-refractivity contribution is 7.92. The van der Waals surface area contributed by atoms with Gasteiger partial charge >= 0.3 is 0 Å². The Bertz CT molecular complexity index is 1790. The van der Waals surface area contributed by atoms with Crippen LogP contribution in [0.15, 0.2) is 131 Å². The Hall–Kier alpha value is -4.66. The molecule has 0 aliphatic heterocycles. The highest BCUT2D eigenvalue weighted by atomic mass is 35.5. The number of benzene rings is 5. The summed E-state index contributed by atoms with van der Waals surface area (Å²) in [5.74, 6) is 0.0816. The molecule has 41 heavy (non-hydrogen) atoms. The zero-order valence-electron chi connectivity index (χ0n) is 21.9. The highest BCUT2D eigenvalue weighted by Crippen LogP contribution is 2.26. The van der Waals surface area contributed by atoms with Crippen molar-refractivity contribution in [3.8, 4) is 5.75 Å². The summed E-state index contributed by atoms with van der Waals surface area (Å²) in [6.07, 6.45) is 1.47. The Morgan fingerprint density at radius 1 is 0.854 bits per heavy atom. The number of sulfonamides is 1. The molecule has 0 spiro atoms. The maximum absolute atomic E-state index is 13.4. The summed E-state index contributed by atoms with van der Waals surface area (Å²) in [7, 11) is -4.04. The lowest BCUT2D eigenvalue weighted by atomic mass is 10.1. The molecular formula is C32H26ClN3O4S. The van der Waals surface area contributed by atoms with Crippen LogP contribution in [0.25, 0.3) is 10.8 Å². The van der Waals surface area contributed by atoms with Crippen LogP contribution >= 0.6 is 11.6 Å². The molecule has 0 bridgehead atoms. The van der Waals surface area contributed by atoms with Gasteiger partial charge in [-0.25, -0.2) is 13.8 Å². The number of carbonyl (C=O) groups excluding carboxylic acids is 1. The average Bonchev–Trinajstić information content (AvgIpc) is 3.00. The number of hydrogen-bond acceptors (Lipinski definition) is 5. The molecule has 0 unspecified atom stereocenters. The lowest BCUT2D eigenvalue weighted by Gasteiger charge is -2.23. The summed E-state index contributed by atoms with van der Waals surface area (Å²) in [5.41, 5.74) is 4.49. The summed E-state index contributed by atoms with van der Waals surface area (Å²) >= 11 is 6.10. The lowest BCUT2D eigenvalue weighted by molar-refractivity contribution is -0.119. The van der Waals surface area contributed by atoms with Crippen LogP contribution in [0.4, 0.5) is 5.69 Å². The first-order valence-electron chi connectivity index (χ1n) is 12.7. The van der Waals surface area contributed by atoms with E-state index in [2.05, 4.69) is 28.7 Å². The summed E-state index contributed by atoms with van der Waals surface area (Å²) in [4.78, 5) is 12.8. The predicted molar refractivity (Wildman–Crippen MR) is 163 cm³/mol. The first kappa shape index (κ1) is 27.9. The molecular weight excluding hydrogens is 558 g/mol. The maximum atomic E-state index is 13.4. The van der Waals surface area contributed by atoms with Crippen molar-refractivity contribution in [3.05, 3.63) is 137 Å². The number of nitrogens with one attached hydrogen (secondary N) is 1. The molecule has 1 amide bonds. The van der Waals surface area contributed by atoms with E-state index < -0.39 is 22.5 Å². The molecule has 0 radical (unpaired) electrons. The van der Waals surface area contributed by atoms with Crippen LogP contribution in [0, 0.1) is 0 Å². The molecule has 0 saturated heterocycles. The summed E-state index contributed by atoms with van der Waals surface area (Å²) in [6.45, 7) is -0.0598. The van der Waals surface area contributed by atoms with Gasteiger partial charge in [-0.1, -0.05) is 78.3 Å². The van der Waals surface area contributed by atoms with Crippen molar-refractivity contribution < 1.29 is 17.9 Å². The minimum Gasteiger partial charge on any atom is -0.489 e. The van der Waals surface area contributed by atoms with Crippen molar-refractivity contribution in [1.29, 1.82) is 0 Å². The number of carbonyl (C=O) groups is 1. The van der Waals surface area contributed by atoms with Gasteiger partial charge in [-0.3, -0.25) is 9.10 Å². The van der Waals surface area contributed by atoms with Crippen LogP contribution in [0.3, 0.4) is 0 Å². The third-order valence-electron chi connectivity index (χ3n) is 6.27. The van der Waals surface area contributed by atoms with Gasteiger partial charge in [0.25, 0.3) is 15.9 Å². The second-order valence-electron chi connectivity index (χ2n) is 9.09. The third-order valence-corrected chi connectivity index (χ3v) is 8.30. The third kappa shape index (κ3) is 6.92. The van der Waals surface area contributed by atoms with Gasteiger partial charge in [-0.05, 0) is 76.5 Å². The second-order valence-corrected chi connectivity index (χ2v) is 11.4. The quantitative estimate of drug-likeness (QED) is 0.152. The van der Waals surface area contributed by atoms with Gasteiger partial charge in [-0.2, -0.15) is 5.10 Å². The first-order chi connectivity index (χ1) is 19.9. The number of hydrogen-bond donors (Lipinski definition) is 1. The van der Waals surface area contributed by atoms with Gasteiger partial charge in [0.05, 0.1) is 16.8 Å². The minimum absolute atomic E-state index is 0.0547. The average molecular weight is 584 g/mol. The van der Waals surface area contributed by atoms with E-state index in [1.807, 2.05) is 48.5 Å². The van der Waals surface area contributed by atoms with Gasteiger partial charge in [0, 0.05) is 5.02 Å². The SMILES string of the molecule is O=C(CN(c1cccc(Cl)c1)S(=O)(=O)c1ccccc1)N/N=C/c1ccc(OCc2cccc3ccccc23)cc1. The standard InChI is InChI=1S/C32H26ClN3O4S/c33-27-11-7-12-28(20-27)36(41(38,39)30-13-2-1-3-14-30)22-32(37)35-34-21-24-16-18-29(19-17-24)40-23-26-10-6-9-25-8-4-5-15-31(25)26/h1-21H,22-23H2,(H,35,37)/b34-21+. The zero-order valence-corrected chi connectivity index (χ0v) is 23.4. The van der Waals surface area contributed by atoms with E-state index in [1.165, 1.54) is 24.4 Å². The highest BCUT2D eigenvalue weighted by Gasteiger charge is 2.27. The minimum atomic E-state index is -4.04. The Balaban J connectivity index is 1.22. The molecule has 0 aromatic heterocycles. The van der Waals surface area contributed by atoms with Gasteiger partial charge in [0.15, 0.2) is 0 Å². The van der Waals surface area contributed by atoms with Crippen molar-refractivity contribution in [2.45, 2.75) is 11.5 Å². The van der Waals surface area contributed by atoms with Crippen molar-refractivity contribution in [2.75, 3.05) is 10.8 Å². The molecule has 5 rings (SSSR count). The smallest absolute Gasteiger partial charge is 0.264 e. The fourth-order valence-electron chi connectivity index (χ4n) is 4.24. The van der Waals surface area contributed by atoms with Crippen molar-refractivity contribution in [1.82, 2.24) is 5.43 Å². The monoisotopic (exact) mass is 583 g/mol. The summed E-state index contributed by atoms with van der Waals surface area (Å²) < 4.78 is 33.7. The van der Waals surface area contributed by atoms with E-state index in [1.54, 1.807) is 36.4 Å². The Morgan fingerprint density at radius 2 is 1.56 bits per heavy atom. The molecule has 7 nitrogen and oxygen atoms in total. The Kier molecular flexibility index (Phi) is 8.62. The number of halogens is 1. The van der Waals surface area contributed by atoms with Crippen molar-refractivity contribution in [2.24, 2.45) is 5.10 Å². The molecule has 5 aromatic rings. The fraction of sp³-hybridized carbons (Fsp3) is 0.0625. The second kappa shape index (κ2) is 12.7. The number of anilines is 1. The first-order valence-corrected chi connectivity index (χ1v) is 14.6. The maximum Gasteiger partial charge on any atom is 0.264 e. The molecule has 0 aliphatic carbocycles. The van der Waals surface area contributed by atoms with Gasteiger partial charge in [0.1, 0.15) is 18.9 Å². The Morgan fingerprint density at radius 3 is 2.34 bits per heavy atom. The van der Waals surface area contributed by atoms with Gasteiger partial charge in [0.2, 0.25) is 0 Å². The van der Waals surface area contributed by atoms with E-state index in [4.69, 9.17) is 16.3 Å². The van der Waals surface area contributed by atoms with Crippen LogP contribution in [-0.4, -0.2) is 27.1 Å². The molecule has 0 fully saturated rings. The number of ether oxygens (including phenoxy) is 1. The van der Waals surface area contributed by atoms with Crippen LogP contribution in [0.2, 0.25) is 5.02 Å². The molecule has 0 heterocycles. The van der Waals surface area contributed by atoms with Crippen LogP contribution in [0.1, 0.15) is 11.1 Å². The summed E-state index contributed by atoms with van der Waals surface area (Å²) in [6, 6.07) is 35.8. The van der Waals surface area contributed by atoms with Gasteiger partial charge < -0.3 is 4.74 Å². The number of rotatable bonds is 10. The van der Waals surface area contributed by atoms with E-state index >= 15 is 0 Å². The molecule has 206 valence electrons. The molecule has 0 atom stereocenters. The van der Waals surface area contributed by atoms with E-state index in [0.717, 1.165) is 26.2 Å². The molecule has 1 N–H and O–H groups in total. The molecule has 0 saturated carbocycles. The molecule has 5 aromatic carbocycles. The number of amides is 1. The van der Waals surface area contributed by atoms with Crippen LogP contribution in [-0.2, 0) is 21.4 Å². The van der Waals surface area contributed by atoms with E-state index in [-0.39, 0.29) is 10.6 Å². The van der Waals surface area contributed by atoms with Crippen molar-refractivity contribution in [3.63, 3.8) is 0 Å². The zero-order chi connectivity index (χ0) is 28.7. The summed E-state index contributed by atoms with van der Waals surface area (Å²) in [5, 5.41) is 6.67. The topological polar surface area (TPSA) is 88.1 Å². The van der Waals surface area contributed by atoms with Crippen LogP contribution < -0.4 is 14.5 Å². The fourth-order valence-corrected chi connectivity index (χ4v) is 5.86.